The van der Waals surface area contributed by atoms with Gasteiger partial charge in [0, 0.05) is 18.4 Å². The van der Waals surface area contributed by atoms with E-state index in [1.165, 1.54) is 0 Å². The van der Waals surface area contributed by atoms with Crippen molar-refractivity contribution in [3.05, 3.63) is 65.9 Å². The lowest BCUT2D eigenvalue weighted by Gasteiger charge is -2.12. The minimum absolute atomic E-state index is 0.389. The van der Waals surface area contributed by atoms with Gasteiger partial charge in [-0.3, -0.25) is 4.79 Å². The normalized spacial score (nSPS) is 12.1. The van der Waals surface area contributed by atoms with Gasteiger partial charge in [0.2, 0.25) is 0 Å². The Hall–Kier alpha value is -2.79. The molecule has 0 bridgehead atoms. The SMILES string of the molecule is COc1cccc(C(O)C(=O)NCCc2cc3ccccc3o2)c1. The van der Waals surface area contributed by atoms with Crippen molar-refractivity contribution in [3.8, 4) is 5.75 Å². The molecule has 2 N–H and O–H groups in total. The third-order valence-electron chi connectivity index (χ3n) is 3.81. The van der Waals surface area contributed by atoms with Crippen LogP contribution in [0.5, 0.6) is 5.75 Å². The highest BCUT2D eigenvalue weighted by molar-refractivity contribution is 5.82. The zero-order valence-electron chi connectivity index (χ0n) is 13.4. The molecular weight excluding hydrogens is 306 g/mol. The molecule has 124 valence electrons. The Balaban J connectivity index is 1.56. The Morgan fingerprint density at radius 1 is 1.21 bits per heavy atom. The number of nitrogens with one attached hydrogen (secondary N) is 1. The zero-order chi connectivity index (χ0) is 16.9. The highest BCUT2D eigenvalue weighted by Gasteiger charge is 2.17. The summed E-state index contributed by atoms with van der Waals surface area (Å²) in [5.41, 5.74) is 1.32. The molecule has 1 aromatic heterocycles. The molecule has 5 nitrogen and oxygen atoms in total. The van der Waals surface area contributed by atoms with E-state index < -0.39 is 12.0 Å². The number of carbonyl (C=O) groups is 1. The molecule has 0 spiro atoms. The third kappa shape index (κ3) is 3.58. The summed E-state index contributed by atoms with van der Waals surface area (Å²) in [6, 6.07) is 16.5. The molecular formula is C19H19NO4. The Kier molecular flexibility index (Phi) is 4.82. The van der Waals surface area contributed by atoms with E-state index in [1.54, 1.807) is 31.4 Å². The molecule has 2 aromatic carbocycles. The molecule has 5 heteroatoms. The molecule has 1 atom stereocenters. The average Bonchev–Trinajstić information content (AvgIpc) is 3.03. The standard InChI is InChI=1S/C19H19NO4/c1-23-15-7-4-6-14(12-15)18(21)19(22)20-10-9-16-11-13-5-2-3-8-17(13)24-16/h2-8,11-12,18,21H,9-10H2,1H3,(H,20,22). The molecule has 0 aliphatic carbocycles. The van der Waals surface area contributed by atoms with E-state index in [1.807, 2.05) is 30.3 Å². The van der Waals surface area contributed by atoms with Crippen molar-refractivity contribution in [2.24, 2.45) is 0 Å². The summed E-state index contributed by atoms with van der Waals surface area (Å²) < 4.78 is 10.8. The van der Waals surface area contributed by atoms with Crippen molar-refractivity contribution >= 4 is 16.9 Å². The van der Waals surface area contributed by atoms with Gasteiger partial charge in [-0.1, -0.05) is 30.3 Å². The van der Waals surface area contributed by atoms with Crippen LogP contribution in [-0.4, -0.2) is 24.7 Å². The summed E-state index contributed by atoms with van der Waals surface area (Å²) >= 11 is 0. The van der Waals surface area contributed by atoms with E-state index in [0.29, 0.717) is 24.3 Å². The molecule has 0 radical (unpaired) electrons. The van der Waals surface area contributed by atoms with Crippen molar-refractivity contribution < 1.29 is 19.1 Å². The van der Waals surface area contributed by atoms with Crippen molar-refractivity contribution in [2.45, 2.75) is 12.5 Å². The summed E-state index contributed by atoms with van der Waals surface area (Å²) in [5.74, 6) is 0.952. The van der Waals surface area contributed by atoms with E-state index in [0.717, 1.165) is 16.7 Å². The number of furan rings is 1. The second kappa shape index (κ2) is 7.19. The van der Waals surface area contributed by atoms with Gasteiger partial charge in [-0.15, -0.1) is 0 Å². The Morgan fingerprint density at radius 2 is 2.04 bits per heavy atom. The number of fused-ring (bicyclic) bond motifs is 1. The molecule has 1 amide bonds. The number of para-hydroxylation sites is 1. The van der Waals surface area contributed by atoms with Gasteiger partial charge in [-0.05, 0) is 29.8 Å². The molecule has 0 fully saturated rings. The Morgan fingerprint density at radius 3 is 2.83 bits per heavy atom. The Labute approximate surface area is 139 Å². The van der Waals surface area contributed by atoms with Crippen LogP contribution in [0.15, 0.2) is 59.0 Å². The largest absolute Gasteiger partial charge is 0.497 e. The van der Waals surface area contributed by atoms with E-state index >= 15 is 0 Å². The first-order valence-electron chi connectivity index (χ1n) is 7.74. The zero-order valence-corrected chi connectivity index (χ0v) is 13.4. The highest BCUT2D eigenvalue weighted by Crippen LogP contribution is 2.20. The van der Waals surface area contributed by atoms with Gasteiger partial charge in [0.15, 0.2) is 6.10 Å². The monoisotopic (exact) mass is 325 g/mol. The number of methoxy groups -OCH3 is 1. The molecule has 0 aliphatic heterocycles. The van der Waals surface area contributed by atoms with Gasteiger partial charge in [-0.25, -0.2) is 0 Å². The van der Waals surface area contributed by atoms with E-state index in [4.69, 9.17) is 9.15 Å². The maximum atomic E-state index is 12.1. The molecule has 3 aromatic rings. The average molecular weight is 325 g/mol. The van der Waals surface area contributed by atoms with Crippen LogP contribution < -0.4 is 10.1 Å². The molecule has 0 saturated heterocycles. The lowest BCUT2D eigenvalue weighted by Crippen LogP contribution is -2.30. The first kappa shape index (κ1) is 16.1. The molecule has 1 unspecified atom stereocenters. The highest BCUT2D eigenvalue weighted by atomic mass is 16.5. The number of carbonyl (C=O) groups excluding carboxylic acids is 1. The maximum Gasteiger partial charge on any atom is 0.253 e. The van der Waals surface area contributed by atoms with Crippen molar-refractivity contribution in [2.75, 3.05) is 13.7 Å². The summed E-state index contributed by atoms with van der Waals surface area (Å²) in [6.07, 6.45) is -0.665. The van der Waals surface area contributed by atoms with Crippen LogP contribution in [0.3, 0.4) is 0 Å². The lowest BCUT2D eigenvalue weighted by molar-refractivity contribution is -0.129. The number of amides is 1. The second-order valence-electron chi connectivity index (χ2n) is 5.47. The summed E-state index contributed by atoms with van der Waals surface area (Å²) in [7, 11) is 1.54. The number of hydrogen-bond donors (Lipinski definition) is 2. The summed E-state index contributed by atoms with van der Waals surface area (Å²) in [5, 5.41) is 13.9. The van der Waals surface area contributed by atoms with E-state index in [9.17, 15) is 9.90 Å². The predicted octanol–water partition coefficient (Wildman–Crippen LogP) is 2.83. The van der Waals surface area contributed by atoms with Crippen molar-refractivity contribution in [1.29, 1.82) is 0 Å². The Bertz CT molecular complexity index is 807. The molecule has 24 heavy (non-hydrogen) atoms. The molecule has 0 saturated carbocycles. The van der Waals surface area contributed by atoms with Crippen molar-refractivity contribution in [3.63, 3.8) is 0 Å². The van der Waals surface area contributed by atoms with Gasteiger partial charge >= 0.3 is 0 Å². The third-order valence-corrected chi connectivity index (χ3v) is 3.81. The maximum absolute atomic E-state index is 12.1. The van der Waals surface area contributed by atoms with Crippen LogP contribution in [0.2, 0.25) is 0 Å². The van der Waals surface area contributed by atoms with E-state index in [2.05, 4.69) is 5.32 Å². The minimum Gasteiger partial charge on any atom is -0.497 e. The van der Waals surface area contributed by atoms with Crippen LogP contribution >= 0.6 is 0 Å². The number of aliphatic hydroxyl groups is 1. The fourth-order valence-corrected chi connectivity index (χ4v) is 2.53. The first-order chi connectivity index (χ1) is 11.7. The van der Waals surface area contributed by atoms with Gasteiger partial charge in [0.05, 0.1) is 7.11 Å². The fourth-order valence-electron chi connectivity index (χ4n) is 2.53. The van der Waals surface area contributed by atoms with Crippen LogP contribution in [0.4, 0.5) is 0 Å². The van der Waals surface area contributed by atoms with Crippen LogP contribution in [-0.2, 0) is 11.2 Å². The number of hydrogen-bond acceptors (Lipinski definition) is 4. The topological polar surface area (TPSA) is 71.7 Å². The fraction of sp³-hybridized carbons (Fsp3) is 0.211. The lowest BCUT2D eigenvalue weighted by atomic mass is 10.1. The van der Waals surface area contributed by atoms with Gasteiger partial charge in [-0.2, -0.15) is 0 Å². The van der Waals surface area contributed by atoms with Gasteiger partial charge in [0.1, 0.15) is 17.1 Å². The molecule has 3 rings (SSSR count). The predicted molar refractivity (Wildman–Crippen MR) is 90.9 cm³/mol. The first-order valence-corrected chi connectivity index (χ1v) is 7.74. The minimum atomic E-state index is -1.23. The summed E-state index contributed by atoms with van der Waals surface area (Å²) in [4.78, 5) is 12.1. The van der Waals surface area contributed by atoms with Gasteiger partial charge in [0.25, 0.3) is 5.91 Å². The van der Waals surface area contributed by atoms with Crippen LogP contribution in [0.25, 0.3) is 11.0 Å². The number of aliphatic hydroxyl groups excluding tert-OH is 1. The van der Waals surface area contributed by atoms with Crippen molar-refractivity contribution in [1.82, 2.24) is 5.32 Å². The number of benzene rings is 2. The quantitative estimate of drug-likeness (QED) is 0.731. The smallest absolute Gasteiger partial charge is 0.253 e. The molecule has 0 aliphatic rings. The molecule has 1 heterocycles. The summed E-state index contributed by atoms with van der Waals surface area (Å²) in [6.45, 7) is 0.389. The number of ether oxygens (including phenoxy) is 1. The number of rotatable bonds is 6. The van der Waals surface area contributed by atoms with Crippen LogP contribution in [0, 0.1) is 0 Å². The van der Waals surface area contributed by atoms with Gasteiger partial charge < -0.3 is 19.6 Å². The van der Waals surface area contributed by atoms with E-state index in [-0.39, 0.29) is 0 Å². The second-order valence-corrected chi connectivity index (χ2v) is 5.47. The van der Waals surface area contributed by atoms with Crippen LogP contribution in [0.1, 0.15) is 17.4 Å².